The first-order valence-electron chi connectivity index (χ1n) is 10.9. The van der Waals surface area contributed by atoms with Gasteiger partial charge in [-0.25, -0.2) is 4.79 Å². The van der Waals surface area contributed by atoms with Gasteiger partial charge in [-0.15, -0.1) is 0 Å². The van der Waals surface area contributed by atoms with Gasteiger partial charge in [-0.05, 0) is 31.5 Å². The molecule has 1 aromatic carbocycles. The molecule has 0 atom stereocenters. The molecule has 0 N–H and O–H groups in total. The highest BCUT2D eigenvalue weighted by Crippen LogP contribution is 2.24. The Bertz CT molecular complexity index is 1040. The third-order valence-electron chi connectivity index (χ3n) is 6.10. The molecule has 0 spiro atoms. The van der Waals surface area contributed by atoms with Crippen LogP contribution in [0.1, 0.15) is 42.5 Å². The van der Waals surface area contributed by atoms with E-state index in [-0.39, 0.29) is 18.2 Å². The molecule has 2 aromatic rings. The van der Waals surface area contributed by atoms with Crippen LogP contribution in [-0.2, 0) is 16.5 Å². The summed E-state index contributed by atoms with van der Waals surface area (Å²) in [4.78, 5) is 42.7. The quantitative estimate of drug-likeness (QED) is 0.431. The Labute approximate surface area is 199 Å². The number of aromatic nitrogens is 1. The summed E-state index contributed by atoms with van der Waals surface area (Å²) in [7, 11) is 3.03. The Hall–Kier alpha value is -2.68. The Morgan fingerprint density at radius 1 is 1.15 bits per heavy atom. The monoisotopic (exact) mass is 475 g/mol. The number of ether oxygens (including phenoxy) is 2. The predicted molar refractivity (Wildman–Crippen MR) is 125 cm³/mol. The largest absolute Gasteiger partial charge is 0.464 e. The van der Waals surface area contributed by atoms with E-state index in [2.05, 4.69) is 4.90 Å². The van der Waals surface area contributed by atoms with E-state index in [1.807, 2.05) is 0 Å². The lowest BCUT2D eigenvalue weighted by molar-refractivity contribution is 0.0323. The van der Waals surface area contributed by atoms with Crippen LogP contribution in [0.3, 0.4) is 0 Å². The molecule has 0 bridgehead atoms. The number of carbonyl (C=O) groups is 3. The minimum Gasteiger partial charge on any atom is -0.464 e. The van der Waals surface area contributed by atoms with E-state index in [1.54, 1.807) is 49.7 Å². The van der Waals surface area contributed by atoms with E-state index < -0.39 is 5.97 Å². The highest BCUT2D eigenvalue weighted by molar-refractivity contribution is 6.33. The van der Waals surface area contributed by atoms with Gasteiger partial charge < -0.3 is 18.9 Å². The van der Waals surface area contributed by atoms with Crippen molar-refractivity contribution in [3.63, 3.8) is 0 Å². The van der Waals surface area contributed by atoms with Crippen LogP contribution in [0.4, 0.5) is 0 Å². The minimum atomic E-state index is -0.506. The fourth-order valence-electron chi connectivity index (χ4n) is 4.17. The van der Waals surface area contributed by atoms with E-state index >= 15 is 0 Å². The first-order chi connectivity index (χ1) is 15.8. The summed E-state index contributed by atoms with van der Waals surface area (Å²) in [6, 6.07) is 6.82. The second kappa shape index (κ2) is 11.0. The summed E-state index contributed by atoms with van der Waals surface area (Å²) in [6.45, 7) is 7.22. The van der Waals surface area contributed by atoms with Crippen LogP contribution in [0, 0.1) is 13.8 Å². The maximum absolute atomic E-state index is 13.4. The maximum atomic E-state index is 13.4. The molecule has 0 aliphatic carbocycles. The highest BCUT2D eigenvalue weighted by Gasteiger charge is 2.28. The molecular formula is C24H30ClN3O5. The van der Waals surface area contributed by atoms with Gasteiger partial charge in [0, 0.05) is 44.5 Å². The number of benzene rings is 1. The molecule has 1 aliphatic heterocycles. The van der Waals surface area contributed by atoms with Crippen LogP contribution in [0.15, 0.2) is 24.3 Å². The normalized spacial score (nSPS) is 14.2. The zero-order chi connectivity index (χ0) is 24.1. The van der Waals surface area contributed by atoms with Crippen LogP contribution >= 0.6 is 11.6 Å². The lowest BCUT2D eigenvalue weighted by Gasteiger charge is -2.30. The van der Waals surface area contributed by atoms with E-state index in [4.69, 9.17) is 21.1 Å². The molecule has 1 fully saturated rings. The summed E-state index contributed by atoms with van der Waals surface area (Å²) >= 11 is 6.28. The Morgan fingerprint density at radius 2 is 1.82 bits per heavy atom. The fraction of sp³-hybridized carbons (Fsp3) is 0.458. The molecule has 8 nitrogen and oxygen atoms in total. The van der Waals surface area contributed by atoms with Crippen LogP contribution < -0.4 is 0 Å². The summed E-state index contributed by atoms with van der Waals surface area (Å²) in [6.07, 6.45) is 0. The summed E-state index contributed by atoms with van der Waals surface area (Å²) in [5, 5.41) is 0.339. The van der Waals surface area contributed by atoms with Gasteiger partial charge in [-0.3, -0.25) is 14.5 Å². The average molecular weight is 476 g/mol. The fourth-order valence-corrected chi connectivity index (χ4v) is 4.39. The van der Waals surface area contributed by atoms with Crippen molar-refractivity contribution in [2.75, 3.05) is 53.0 Å². The number of carbonyl (C=O) groups excluding carboxylic acids is 3. The number of ketones is 1. The molecule has 178 valence electrons. The van der Waals surface area contributed by atoms with E-state index in [9.17, 15) is 14.4 Å². The number of rotatable bonds is 8. The molecule has 2 heterocycles. The standard InChI is InChI=1S/C24H30ClN3O5/c1-16-21(17(2)26(3)22(16)24(31)32-4)20(29)15-28(10-9-27-11-13-33-14-12-27)23(30)18-7-5-6-8-19(18)25/h5-8H,9-15H2,1-4H3. The van der Waals surface area contributed by atoms with Gasteiger partial charge in [0.25, 0.3) is 5.91 Å². The number of nitrogens with zero attached hydrogens (tertiary/aromatic N) is 3. The third-order valence-corrected chi connectivity index (χ3v) is 6.43. The number of hydrogen-bond acceptors (Lipinski definition) is 6. The molecule has 3 rings (SSSR count). The van der Waals surface area contributed by atoms with Crippen LogP contribution in [0.5, 0.6) is 0 Å². The molecule has 0 saturated carbocycles. The summed E-state index contributed by atoms with van der Waals surface area (Å²) < 4.78 is 11.9. The van der Waals surface area contributed by atoms with E-state index in [1.165, 1.54) is 12.0 Å². The summed E-state index contributed by atoms with van der Waals surface area (Å²) in [5.41, 5.74) is 2.31. The van der Waals surface area contributed by atoms with Crippen molar-refractivity contribution < 1.29 is 23.9 Å². The van der Waals surface area contributed by atoms with Gasteiger partial charge >= 0.3 is 5.97 Å². The van der Waals surface area contributed by atoms with Crippen molar-refractivity contribution in [1.82, 2.24) is 14.4 Å². The smallest absolute Gasteiger partial charge is 0.354 e. The van der Waals surface area contributed by atoms with Crippen LogP contribution in [0.25, 0.3) is 0 Å². The van der Waals surface area contributed by atoms with Crippen molar-refractivity contribution in [3.05, 3.63) is 57.4 Å². The number of Topliss-reactive ketones (excluding diaryl/α,β-unsaturated/α-hetero) is 1. The Morgan fingerprint density at radius 3 is 2.45 bits per heavy atom. The molecule has 1 saturated heterocycles. The molecule has 33 heavy (non-hydrogen) atoms. The average Bonchev–Trinajstić information content (AvgIpc) is 3.04. The first kappa shape index (κ1) is 25.0. The number of halogens is 1. The highest BCUT2D eigenvalue weighted by atomic mass is 35.5. The summed E-state index contributed by atoms with van der Waals surface area (Å²) in [5.74, 6) is -1.05. The number of methoxy groups -OCH3 is 1. The van der Waals surface area contributed by atoms with Gasteiger partial charge in [0.1, 0.15) is 5.69 Å². The number of morpholine rings is 1. The SMILES string of the molecule is COC(=O)c1c(C)c(C(=O)CN(CCN2CCOCC2)C(=O)c2ccccc2Cl)c(C)n1C. The Balaban J connectivity index is 1.88. The molecular weight excluding hydrogens is 446 g/mol. The van der Waals surface area contributed by atoms with Crippen LogP contribution in [0.2, 0.25) is 5.02 Å². The molecule has 1 amide bonds. The van der Waals surface area contributed by atoms with Crippen LogP contribution in [-0.4, -0.2) is 85.1 Å². The van der Waals surface area contributed by atoms with Gasteiger partial charge in [0.05, 0.1) is 37.5 Å². The van der Waals surface area contributed by atoms with Gasteiger partial charge in [0.2, 0.25) is 0 Å². The number of amides is 1. The molecule has 0 unspecified atom stereocenters. The van der Waals surface area contributed by atoms with Crippen molar-refractivity contribution >= 4 is 29.3 Å². The first-order valence-corrected chi connectivity index (χ1v) is 11.2. The Kier molecular flexibility index (Phi) is 8.29. The second-order valence-corrected chi connectivity index (χ2v) is 8.48. The van der Waals surface area contributed by atoms with E-state index in [0.717, 1.165) is 13.1 Å². The maximum Gasteiger partial charge on any atom is 0.354 e. The van der Waals surface area contributed by atoms with Crippen molar-refractivity contribution in [2.24, 2.45) is 7.05 Å². The topological polar surface area (TPSA) is 81.1 Å². The lowest BCUT2D eigenvalue weighted by atomic mass is 10.0. The zero-order valence-electron chi connectivity index (χ0n) is 19.5. The predicted octanol–water partition coefficient (Wildman–Crippen LogP) is 2.74. The van der Waals surface area contributed by atoms with E-state index in [0.29, 0.717) is 59.4 Å². The molecule has 0 radical (unpaired) electrons. The molecule has 1 aliphatic rings. The number of esters is 1. The van der Waals surface area contributed by atoms with Gasteiger partial charge in [-0.1, -0.05) is 23.7 Å². The minimum absolute atomic E-state index is 0.124. The van der Waals surface area contributed by atoms with Gasteiger partial charge in [0.15, 0.2) is 5.78 Å². The lowest BCUT2D eigenvalue weighted by Crippen LogP contribution is -2.44. The van der Waals surface area contributed by atoms with Crippen molar-refractivity contribution in [3.8, 4) is 0 Å². The third kappa shape index (κ3) is 5.46. The second-order valence-electron chi connectivity index (χ2n) is 8.07. The van der Waals surface area contributed by atoms with Crippen molar-refractivity contribution in [2.45, 2.75) is 13.8 Å². The van der Waals surface area contributed by atoms with Gasteiger partial charge in [-0.2, -0.15) is 0 Å². The number of hydrogen-bond donors (Lipinski definition) is 0. The van der Waals surface area contributed by atoms with Crippen molar-refractivity contribution in [1.29, 1.82) is 0 Å². The molecule has 9 heteroatoms. The zero-order valence-corrected chi connectivity index (χ0v) is 20.3. The molecule has 1 aromatic heterocycles.